The minimum Gasteiger partial charge on any atom is -0.496 e. The van der Waals surface area contributed by atoms with Crippen molar-refractivity contribution >= 4 is 15.9 Å². The van der Waals surface area contributed by atoms with Gasteiger partial charge in [0.25, 0.3) is 0 Å². The van der Waals surface area contributed by atoms with Crippen LogP contribution in [0.3, 0.4) is 0 Å². The zero-order valence-electron chi connectivity index (χ0n) is 11.4. The maximum absolute atomic E-state index is 5.35. The number of halogens is 1. The first kappa shape index (κ1) is 13.9. The molecule has 0 radical (unpaired) electrons. The van der Waals surface area contributed by atoms with Crippen LogP contribution < -0.4 is 4.74 Å². The Morgan fingerprint density at radius 2 is 2.00 bits per heavy atom. The van der Waals surface area contributed by atoms with Crippen molar-refractivity contribution in [1.29, 1.82) is 0 Å². The number of alkyl halides is 1. The number of methoxy groups -OCH3 is 1. The van der Waals surface area contributed by atoms with E-state index in [0.29, 0.717) is 5.92 Å². The number of ether oxygens (including phenoxy) is 1. The maximum atomic E-state index is 5.35. The molecule has 0 N–H and O–H groups in total. The van der Waals surface area contributed by atoms with Gasteiger partial charge in [0.05, 0.1) is 7.11 Å². The van der Waals surface area contributed by atoms with E-state index in [4.69, 9.17) is 4.74 Å². The molecule has 2 heteroatoms. The minimum atomic E-state index is 0.662. The first-order chi connectivity index (χ1) is 8.76. The molecule has 100 valence electrons. The van der Waals surface area contributed by atoms with Gasteiger partial charge >= 0.3 is 0 Å². The summed E-state index contributed by atoms with van der Waals surface area (Å²) in [5, 5.41) is 1.07. The van der Waals surface area contributed by atoms with Crippen molar-refractivity contribution in [2.24, 2.45) is 5.92 Å². The summed E-state index contributed by atoms with van der Waals surface area (Å²) in [7, 11) is 1.74. The highest BCUT2D eigenvalue weighted by Gasteiger charge is 2.24. The van der Waals surface area contributed by atoms with Gasteiger partial charge in [0.2, 0.25) is 0 Å². The van der Waals surface area contributed by atoms with Crippen LogP contribution in [-0.2, 0) is 0 Å². The summed E-state index contributed by atoms with van der Waals surface area (Å²) in [5.74, 6) is 2.51. The minimum absolute atomic E-state index is 0.662. The fourth-order valence-corrected chi connectivity index (χ4v) is 4.06. The van der Waals surface area contributed by atoms with Crippen LogP contribution in [0.2, 0.25) is 0 Å². The average molecular weight is 311 g/mol. The first-order valence-electron chi connectivity index (χ1n) is 6.96. The van der Waals surface area contributed by atoms with Gasteiger partial charge in [-0.3, -0.25) is 0 Å². The molecule has 1 aromatic carbocycles. The van der Waals surface area contributed by atoms with Crippen molar-refractivity contribution in [3.05, 3.63) is 29.3 Å². The molecule has 0 saturated heterocycles. The Hall–Kier alpha value is -0.500. The molecule has 0 bridgehead atoms. The molecule has 1 aromatic rings. The van der Waals surface area contributed by atoms with Gasteiger partial charge < -0.3 is 4.74 Å². The molecule has 1 unspecified atom stereocenters. The summed E-state index contributed by atoms with van der Waals surface area (Å²) in [6.45, 7) is 2.13. The summed E-state index contributed by atoms with van der Waals surface area (Å²) in [6.07, 6.45) is 7.02. The van der Waals surface area contributed by atoms with E-state index >= 15 is 0 Å². The van der Waals surface area contributed by atoms with Crippen LogP contribution in [0.1, 0.15) is 49.1 Å². The molecule has 0 aliphatic heterocycles. The summed E-state index contributed by atoms with van der Waals surface area (Å²) in [4.78, 5) is 0. The Kier molecular flexibility index (Phi) is 5.11. The lowest BCUT2D eigenvalue weighted by Crippen LogP contribution is -2.17. The van der Waals surface area contributed by atoms with E-state index in [1.54, 1.807) is 7.11 Å². The van der Waals surface area contributed by atoms with Gasteiger partial charge in [-0.05, 0) is 48.8 Å². The molecule has 1 nitrogen and oxygen atoms in total. The molecule has 1 aliphatic carbocycles. The monoisotopic (exact) mass is 310 g/mol. The highest BCUT2D eigenvalue weighted by Crippen LogP contribution is 2.38. The third kappa shape index (κ3) is 3.09. The Labute approximate surface area is 119 Å². The number of hydrogen-bond donors (Lipinski definition) is 0. The van der Waals surface area contributed by atoms with Crippen molar-refractivity contribution in [3.8, 4) is 5.75 Å². The SMILES string of the molecule is COc1ccc(C(CBr)C2CCCCC2)cc1C. The Morgan fingerprint density at radius 1 is 1.28 bits per heavy atom. The van der Waals surface area contributed by atoms with E-state index in [9.17, 15) is 0 Å². The highest BCUT2D eigenvalue weighted by molar-refractivity contribution is 9.09. The second kappa shape index (κ2) is 6.60. The smallest absolute Gasteiger partial charge is 0.121 e. The number of aryl methyl sites for hydroxylation is 1. The largest absolute Gasteiger partial charge is 0.496 e. The van der Waals surface area contributed by atoms with Crippen molar-refractivity contribution in [2.45, 2.75) is 44.9 Å². The molecule has 1 atom stereocenters. The third-order valence-electron chi connectivity index (χ3n) is 4.23. The van der Waals surface area contributed by atoms with Crippen LogP contribution in [0.25, 0.3) is 0 Å². The third-order valence-corrected chi connectivity index (χ3v) is 4.93. The standard InChI is InChI=1S/C16H23BrO/c1-12-10-14(8-9-16(12)18-2)15(11-17)13-6-4-3-5-7-13/h8-10,13,15H,3-7,11H2,1-2H3. The number of hydrogen-bond acceptors (Lipinski definition) is 1. The summed E-state index contributed by atoms with van der Waals surface area (Å²) in [6, 6.07) is 6.66. The fraction of sp³-hybridized carbons (Fsp3) is 0.625. The van der Waals surface area contributed by atoms with Crippen LogP contribution in [0.4, 0.5) is 0 Å². The highest BCUT2D eigenvalue weighted by atomic mass is 79.9. The van der Waals surface area contributed by atoms with E-state index in [1.165, 1.54) is 43.2 Å². The van der Waals surface area contributed by atoms with Crippen molar-refractivity contribution in [3.63, 3.8) is 0 Å². The van der Waals surface area contributed by atoms with Gasteiger partial charge in [-0.25, -0.2) is 0 Å². The van der Waals surface area contributed by atoms with E-state index in [0.717, 1.165) is 17.0 Å². The van der Waals surface area contributed by atoms with E-state index < -0.39 is 0 Å². The predicted molar refractivity (Wildman–Crippen MR) is 80.8 cm³/mol. The Balaban J connectivity index is 2.18. The second-order valence-electron chi connectivity index (χ2n) is 5.39. The van der Waals surface area contributed by atoms with E-state index in [1.807, 2.05) is 0 Å². The zero-order chi connectivity index (χ0) is 13.0. The fourth-order valence-electron chi connectivity index (χ4n) is 3.16. The predicted octanol–water partition coefficient (Wildman–Crippen LogP) is 5.06. The molecule has 0 heterocycles. The van der Waals surface area contributed by atoms with Crippen LogP contribution in [-0.4, -0.2) is 12.4 Å². The first-order valence-corrected chi connectivity index (χ1v) is 8.09. The maximum Gasteiger partial charge on any atom is 0.121 e. The van der Waals surface area contributed by atoms with Gasteiger partial charge in [-0.1, -0.05) is 47.3 Å². The summed E-state index contributed by atoms with van der Waals surface area (Å²) < 4.78 is 5.35. The lowest BCUT2D eigenvalue weighted by atomic mass is 9.77. The van der Waals surface area contributed by atoms with Crippen LogP contribution in [0.15, 0.2) is 18.2 Å². The van der Waals surface area contributed by atoms with E-state index in [-0.39, 0.29) is 0 Å². The molecule has 2 rings (SSSR count). The normalized spacial score (nSPS) is 18.6. The quantitative estimate of drug-likeness (QED) is 0.706. The van der Waals surface area contributed by atoms with Crippen molar-refractivity contribution in [2.75, 3.05) is 12.4 Å². The van der Waals surface area contributed by atoms with Gasteiger partial charge in [0.15, 0.2) is 0 Å². The summed E-state index contributed by atoms with van der Waals surface area (Å²) >= 11 is 3.72. The van der Waals surface area contributed by atoms with Crippen LogP contribution >= 0.6 is 15.9 Å². The Morgan fingerprint density at radius 3 is 2.56 bits per heavy atom. The molecule has 0 amide bonds. The average Bonchev–Trinajstić information content (AvgIpc) is 2.41. The van der Waals surface area contributed by atoms with Gasteiger partial charge in [0, 0.05) is 5.33 Å². The van der Waals surface area contributed by atoms with E-state index in [2.05, 4.69) is 41.1 Å². The summed E-state index contributed by atoms with van der Waals surface area (Å²) in [5.41, 5.74) is 2.72. The van der Waals surface area contributed by atoms with Crippen LogP contribution in [0, 0.1) is 12.8 Å². The van der Waals surface area contributed by atoms with Crippen LogP contribution in [0.5, 0.6) is 5.75 Å². The van der Waals surface area contributed by atoms with Crippen molar-refractivity contribution in [1.82, 2.24) is 0 Å². The molecule has 1 fully saturated rings. The van der Waals surface area contributed by atoms with Crippen molar-refractivity contribution < 1.29 is 4.74 Å². The number of rotatable bonds is 4. The van der Waals surface area contributed by atoms with Gasteiger partial charge in [-0.2, -0.15) is 0 Å². The molecule has 1 saturated carbocycles. The zero-order valence-corrected chi connectivity index (χ0v) is 13.0. The second-order valence-corrected chi connectivity index (χ2v) is 6.04. The molecule has 0 spiro atoms. The lowest BCUT2D eigenvalue weighted by molar-refractivity contribution is 0.319. The molecular formula is C16H23BrO. The van der Waals surface area contributed by atoms with Gasteiger partial charge in [-0.15, -0.1) is 0 Å². The molecule has 1 aliphatic rings. The lowest BCUT2D eigenvalue weighted by Gasteiger charge is -2.29. The topological polar surface area (TPSA) is 9.23 Å². The van der Waals surface area contributed by atoms with Gasteiger partial charge in [0.1, 0.15) is 5.75 Å². The molecule has 0 aromatic heterocycles. The Bertz CT molecular complexity index is 383. The molecular weight excluding hydrogens is 288 g/mol. The molecule has 18 heavy (non-hydrogen) atoms. The number of benzene rings is 1.